The van der Waals surface area contributed by atoms with Crippen LogP contribution in [0.25, 0.3) is 33.1 Å². The molecule has 0 N–H and O–H groups in total. The predicted octanol–water partition coefficient (Wildman–Crippen LogP) is 5.82. The number of carbonyl (C=O) groups excluding carboxylic acids is 1. The fourth-order valence-corrected chi connectivity index (χ4v) is 4.82. The van der Waals surface area contributed by atoms with E-state index in [1.165, 1.54) is 26.4 Å². The lowest BCUT2D eigenvalue weighted by molar-refractivity contribution is -0.384. The minimum absolute atomic E-state index is 0.103. The van der Waals surface area contributed by atoms with Crippen molar-refractivity contribution in [3.05, 3.63) is 70.3 Å². The molecule has 0 radical (unpaired) electrons. The lowest BCUT2D eigenvalue weighted by Crippen LogP contribution is -2.14. The first kappa shape index (κ1) is 25.0. The molecule has 0 amide bonds. The topological polar surface area (TPSA) is 128 Å². The number of non-ortho nitro benzene ring substituents is 1. The number of nitrogens with zero attached hydrogens (tertiary/aromatic N) is 4. The molecule has 0 spiro atoms. The second-order valence-electron chi connectivity index (χ2n) is 8.17. The first-order valence-electron chi connectivity index (χ1n) is 11.5. The van der Waals surface area contributed by atoms with Gasteiger partial charge in [0.05, 0.1) is 55.1 Å². The van der Waals surface area contributed by atoms with Crippen LogP contribution in [0.15, 0.2) is 54.6 Å². The van der Waals surface area contributed by atoms with E-state index in [9.17, 15) is 14.9 Å². The maximum Gasteiger partial charge on any atom is 0.515 e. The molecule has 0 aliphatic rings. The molecular formula is C26H22N4O7S. The number of ether oxygens (including phenoxy) is 4. The Morgan fingerprint density at radius 1 is 1.00 bits per heavy atom. The number of nitro groups is 1. The first-order valence-corrected chi connectivity index (χ1v) is 12.2. The Balaban J connectivity index is 1.78. The van der Waals surface area contributed by atoms with Gasteiger partial charge in [0.15, 0.2) is 11.5 Å². The molecule has 5 rings (SSSR count). The Labute approximate surface area is 220 Å². The standard InChI is InChI=1S/C26H22N4O7S/c1-4-36-26(31)37-25-24(16-6-10-22(34-2)23(12-16)35-3)18-13-17(30(32)33)7-9-21(18)29(25)14-15-5-8-19-20(11-15)28-38-27-19/h5-13H,4,14H2,1-3H3. The summed E-state index contributed by atoms with van der Waals surface area (Å²) < 4.78 is 32.0. The van der Waals surface area contributed by atoms with Gasteiger partial charge < -0.3 is 23.5 Å². The first-order chi connectivity index (χ1) is 18.4. The second-order valence-corrected chi connectivity index (χ2v) is 8.70. The van der Waals surface area contributed by atoms with Gasteiger partial charge in [0.2, 0.25) is 5.88 Å². The van der Waals surface area contributed by atoms with Crippen LogP contribution in [-0.2, 0) is 11.3 Å². The highest BCUT2D eigenvalue weighted by Gasteiger charge is 2.26. The van der Waals surface area contributed by atoms with Crippen LogP contribution < -0.4 is 14.2 Å². The van der Waals surface area contributed by atoms with Crippen molar-refractivity contribution in [1.29, 1.82) is 0 Å². The number of benzene rings is 3. The molecule has 0 unspecified atom stereocenters. The van der Waals surface area contributed by atoms with Gasteiger partial charge in [-0.1, -0.05) is 12.1 Å². The molecule has 5 aromatic rings. The average molecular weight is 535 g/mol. The average Bonchev–Trinajstić information content (AvgIpc) is 3.50. The largest absolute Gasteiger partial charge is 0.515 e. The van der Waals surface area contributed by atoms with Crippen LogP contribution in [0.2, 0.25) is 0 Å². The van der Waals surface area contributed by atoms with Crippen LogP contribution in [0.4, 0.5) is 10.5 Å². The van der Waals surface area contributed by atoms with E-state index in [0.29, 0.717) is 33.5 Å². The molecule has 0 aliphatic heterocycles. The maximum atomic E-state index is 12.6. The Morgan fingerprint density at radius 2 is 1.79 bits per heavy atom. The fourth-order valence-electron chi connectivity index (χ4n) is 4.30. The Bertz CT molecular complexity index is 1680. The fraction of sp³-hybridized carbons (Fsp3) is 0.192. The van der Waals surface area contributed by atoms with Crippen molar-refractivity contribution < 1.29 is 28.7 Å². The number of nitro benzene ring substituents is 1. The number of fused-ring (bicyclic) bond motifs is 2. The second kappa shape index (κ2) is 10.3. The SMILES string of the molecule is CCOC(=O)Oc1c(-c2ccc(OC)c(OC)c2)c2cc([N+](=O)[O-])ccc2n1Cc1ccc2nsnc2c1. The van der Waals surface area contributed by atoms with Gasteiger partial charge >= 0.3 is 6.16 Å². The van der Waals surface area contributed by atoms with E-state index in [2.05, 4.69) is 8.75 Å². The molecule has 0 fully saturated rings. The van der Waals surface area contributed by atoms with Crippen LogP contribution in [0, 0.1) is 10.1 Å². The van der Waals surface area contributed by atoms with Crippen molar-refractivity contribution in [2.75, 3.05) is 20.8 Å². The van der Waals surface area contributed by atoms with Gasteiger partial charge in [0, 0.05) is 17.5 Å². The number of aromatic nitrogens is 3. The van der Waals surface area contributed by atoms with Gasteiger partial charge in [0.25, 0.3) is 5.69 Å². The van der Waals surface area contributed by atoms with E-state index in [4.69, 9.17) is 18.9 Å². The Hall–Kier alpha value is -4.71. The van der Waals surface area contributed by atoms with Crippen molar-refractivity contribution in [2.24, 2.45) is 0 Å². The molecule has 0 atom stereocenters. The molecule has 2 heterocycles. The van der Waals surface area contributed by atoms with E-state index in [1.807, 2.05) is 18.2 Å². The summed E-state index contributed by atoms with van der Waals surface area (Å²) in [7, 11) is 3.03. The van der Waals surface area contributed by atoms with Crippen LogP contribution in [0.3, 0.4) is 0 Å². The highest BCUT2D eigenvalue weighted by Crippen LogP contribution is 2.44. The quantitative estimate of drug-likeness (QED) is 0.137. The van der Waals surface area contributed by atoms with Crippen LogP contribution >= 0.6 is 11.7 Å². The van der Waals surface area contributed by atoms with Crippen molar-refractivity contribution in [3.63, 3.8) is 0 Å². The number of carbonyl (C=O) groups is 1. The van der Waals surface area contributed by atoms with Crippen molar-refractivity contribution in [3.8, 4) is 28.5 Å². The van der Waals surface area contributed by atoms with Gasteiger partial charge in [-0.05, 0) is 48.4 Å². The zero-order valence-corrected chi connectivity index (χ0v) is 21.5. The molecule has 0 saturated carbocycles. The summed E-state index contributed by atoms with van der Waals surface area (Å²) in [5, 5.41) is 12.2. The van der Waals surface area contributed by atoms with Crippen molar-refractivity contribution in [1.82, 2.24) is 13.3 Å². The van der Waals surface area contributed by atoms with E-state index in [1.54, 1.807) is 35.8 Å². The maximum absolute atomic E-state index is 12.6. The number of hydrogen-bond donors (Lipinski definition) is 0. The minimum atomic E-state index is -0.896. The van der Waals surface area contributed by atoms with E-state index in [-0.39, 0.29) is 24.7 Å². The summed E-state index contributed by atoms with van der Waals surface area (Å²) in [5.74, 6) is 1.12. The Kier molecular flexibility index (Phi) is 6.79. The lowest BCUT2D eigenvalue weighted by Gasteiger charge is -2.13. The summed E-state index contributed by atoms with van der Waals surface area (Å²) in [6.07, 6.45) is -0.896. The number of hydrogen-bond acceptors (Lipinski definition) is 10. The molecular weight excluding hydrogens is 512 g/mol. The molecule has 2 aromatic heterocycles. The van der Waals surface area contributed by atoms with Crippen LogP contribution in [0.5, 0.6) is 17.4 Å². The van der Waals surface area contributed by atoms with E-state index in [0.717, 1.165) is 28.3 Å². The zero-order chi connectivity index (χ0) is 26.8. The normalized spacial score (nSPS) is 11.0. The third-order valence-electron chi connectivity index (χ3n) is 5.98. The Morgan fingerprint density at radius 3 is 2.53 bits per heavy atom. The van der Waals surface area contributed by atoms with Crippen molar-refractivity contribution >= 4 is 45.5 Å². The van der Waals surface area contributed by atoms with Gasteiger partial charge in [-0.2, -0.15) is 8.75 Å². The summed E-state index contributed by atoms with van der Waals surface area (Å²) >= 11 is 1.12. The molecule has 0 saturated heterocycles. The third-order valence-corrected chi connectivity index (χ3v) is 6.54. The summed E-state index contributed by atoms with van der Waals surface area (Å²) in [5.41, 5.74) is 3.98. The highest BCUT2D eigenvalue weighted by molar-refractivity contribution is 7.00. The molecule has 11 nitrogen and oxygen atoms in total. The summed E-state index contributed by atoms with van der Waals surface area (Å²) in [4.78, 5) is 23.8. The smallest absolute Gasteiger partial charge is 0.493 e. The van der Waals surface area contributed by atoms with Gasteiger partial charge in [-0.15, -0.1) is 0 Å². The highest BCUT2D eigenvalue weighted by atomic mass is 32.1. The molecule has 194 valence electrons. The molecule has 12 heteroatoms. The minimum Gasteiger partial charge on any atom is -0.493 e. The number of methoxy groups -OCH3 is 2. The number of rotatable bonds is 8. The monoisotopic (exact) mass is 534 g/mol. The molecule has 3 aromatic carbocycles. The third kappa shape index (κ3) is 4.57. The van der Waals surface area contributed by atoms with Gasteiger partial charge in [-0.3, -0.25) is 10.1 Å². The van der Waals surface area contributed by atoms with Crippen molar-refractivity contribution in [2.45, 2.75) is 13.5 Å². The zero-order valence-electron chi connectivity index (χ0n) is 20.7. The summed E-state index contributed by atoms with van der Waals surface area (Å²) in [6, 6.07) is 15.4. The summed E-state index contributed by atoms with van der Waals surface area (Å²) in [6.45, 7) is 2.07. The van der Waals surface area contributed by atoms with E-state index < -0.39 is 11.1 Å². The molecule has 0 aliphatic carbocycles. The van der Waals surface area contributed by atoms with E-state index >= 15 is 0 Å². The van der Waals surface area contributed by atoms with Gasteiger partial charge in [0.1, 0.15) is 11.0 Å². The van der Waals surface area contributed by atoms with Gasteiger partial charge in [-0.25, -0.2) is 4.79 Å². The van der Waals surface area contributed by atoms with Crippen LogP contribution in [-0.4, -0.2) is 45.2 Å². The lowest BCUT2D eigenvalue weighted by atomic mass is 10.0. The predicted molar refractivity (Wildman–Crippen MR) is 141 cm³/mol. The van der Waals surface area contributed by atoms with Crippen LogP contribution in [0.1, 0.15) is 12.5 Å². The molecule has 38 heavy (non-hydrogen) atoms. The molecule has 0 bridgehead atoms.